The van der Waals surface area contributed by atoms with Gasteiger partial charge in [0.2, 0.25) is 11.8 Å². The van der Waals surface area contributed by atoms with E-state index in [1.807, 2.05) is 24.3 Å². The Kier molecular flexibility index (Phi) is 11.6. The number of carbonyl (C=O) groups is 2. The predicted molar refractivity (Wildman–Crippen MR) is 154 cm³/mol. The first kappa shape index (κ1) is 29.1. The van der Waals surface area contributed by atoms with Gasteiger partial charge in [-0.15, -0.1) is 23.2 Å². The number of nitrogens with one attached hydrogen (secondary N) is 2. The average Bonchev–Trinajstić information content (AvgIpc) is 2.91. The minimum atomic E-state index is -0.823. The smallest absolute Gasteiger partial charge is 0.247 e. The fourth-order valence-electron chi connectivity index (χ4n) is 4.14. The molecule has 0 spiro atoms. The number of hydrogen-bond acceptors (Lipinski definition) is 5. The molecule has 0 radical (unpaired) electrons. The monoisotopic (exact) mass is 557 g/mol. The lowest BCUT2D eigenvalue weighted by molar-refractivity contribution is -0.126. The van der Waals surface area contributed by atoms with Crippen molar-refractivity contribution in [1.82, 2.24) is 5.32 Å². The van der Waals surface area contributed by atoms with E-state index in [1.54, 1.807) is 36.4 Å². The number of halogens is 2. The normalized spacial score (nSPS) is 11.5. The summed E-state index contributed by atoms with van der Waals surface area (Å²) in [4.78, 5) is 28.1. The van der Waals surface area contributed by atoms with E-state index >= 15 is 0 Å². The third-order valence-corrected chi connectivity index (χ3v) is 6.39. The van der Waals surface area contributed by atoms with Gasteiger partial charge in [0.25, 0.3) is 0 Å². The summed E-state index contributed by atoms with van der Waals surface area (Å²) in [6, 6.07) is 19.8. The van der Waals surface area contributed by atoms with Gasteiger partial charge in [-0.1, -0.05) is 30.3 Å². The number of aryl methyl sites for hydroxylation is 1. The molecule has 202 valence electrons. The summed E-state index contributed by atoms with van der Waals surface area (Å²) in [5.41, 5.74) is 3.48. The largest absolute Gasteiger partial charge is 0.508 e. The quantitative estimate of drug-likeness (QED) is 0.164. The topological polar surface area (TPSA) is 102 Å². The maximum atomic E-state index is 13.1. The van der Waals surface area contributed by atoms with Gasteiger partial charge in [0.1, 0.15) is 17.5 Å². The van der Waals surface area contributed by atoms with Gasteiger partial charge in [0.05, 0.1) is 0 Å². The molecule has 0 aromatic heterocycles. The second-order valence-corrected chi connectivity index (χ2v) is 9.63. The van der Waals surface area contributed by atoms with Gasteiger partial charge in [-0.05, 0) is 66.4 Å². The standard InChI is InChI=1S/C29H33Cl2N3O4/c30-16-18-34(19-17-31)27-6-2-1-4-22(27)5-3-7-28(37)33-26(20-21-8-12-24(35)13-9-21)29(38)32-23-10-14-25(36)15-11-23/h1-2,4,6,8-15,26,35-36H,3,5,7,16-20H2,(H,32,38)(H,33,37). The number of hydrogen-bond donors (Lipinski definition) is 4. The fourth-order valence-corrected chi connectivity index (χ4v) is 4.55. The van der Waals surface area contributed by atoms with E-state index in [9.17, 15) is 19.8 Å². The summed E-state index contributed by atoms with van der Waals surface area (Å²) in [7, 11) is 0. The Morgan fingerprint density at radius 2 is 1.45 bits per heavy atom. The van der Waals surface area contributed by atoms with Gasteiger partial charge >= 0.3 is 0 Å². The molecule has 3 rings (SSSR count). The second kappa shape index (κ2) is 15.1. The van der Waals surface area contributed by atoms with Crippen LogP contribution in [0, 0.1) is 0 Å². The number of nitrogens with zero attached hydrogens (tertiary/aromatic N) is 1. The number of carbonyl (C=O) groups excluding carboxylic acids is 2. The van der Waals surface area contributed by atoms with Crippen LogP contribution >= 0.6 is 23.2 Å². The molecule has 38 heavy (non-hydrogen) atoms. The lowest BCUT2D eigenvalue weighted by Gasteiger charge is -2.25. The Bertz CT molecular complexity index is 1170. The molecule has 7 nitrogen and oxygen atoms in total. The summed E-state index contributed by atoms with van der Waals surface area (Å²) in [6.45, 7) is 1.36. The van der Waals surface area contributed by atoms with Gasteiger partial charge in [0.15, 0.2) is 0 Å². The Balaban J connectivity index is 1.64. The highest BCUT2D eigenvalue weighted by molar-refractivity contribution is 6.18. The summed E-state index contributed by atoms with van der Waals surface area (Å²) < 4.78 is 0. The van der Waals surface area contributed by atoms with Crippen LogP contribution in [0.5, 0.6) is 11.5 Å². The minimum absolute atomic E-state index is 0.0898. The van der Waals surface area contributed by atoms with Crippen molar-refractivity contribution in [3.63, 3.8) is 0 Å². The van der Waals surface area contributed by atoms with Crippen LogP contribution in [0.4, 0.5) is 11.4 Å². The number of phenolic OH excluding ortho intramolecular Hbond substituents is 2. The van der Waals surface area contributed by atoms with Crippen LogP contribution in [-0.2, 0) is 22.4 Å². The maximum absolute atomic E-state index is 13.1. The van der Waals surface area contributed by atoms with E-state index in [1.165, 1.54) is 12.1 Å². The number of benzene rings is 3. The molecule has 9 heteroatoms. The predicted octanol–water partition coefficient (Wildman–Crippen LogP) is 5.07. The van der Waals surface area contributed by atoms with Crippen LogP contribution in [0.25, 0.3) is 0 Å². The summed E-state index contributed by atoms with van der Waals surface area (Å²) >= 11 is 12.0. The van der Waals surface area contributed by atoms with Crippen molar-refractivity contribution in [2.75, 3.05) is 35.1 Å². The van der Waals surface area contributed by atoms with Crippen molar-refractivity contribution >= 4 is 46.4 Å². The van der Waals surface area contributed by atoms with E-state index in [-0.39, 0.29) is 36.2 Å². The molecule has 0 saturated heterocycles. The Hall–Kier alpha value is -3.42. The SMILES string of the molecule is O=C(CCCc1ccccc1N(CCCl)CCCl)NC(Cc1ccc(O)cc1)C(=O)Nc1ccc(O)cc1. The Labute approximate surface area is 233 Å². The first-order valence-electron chi connectivity index (χ1n) is 12.5. The Morgan fingerprint density at radius 3 is 2.08 bits per heavy atom. The molecule has 0 aliphatic rings. The van der Waals surface area contributed by atoms with E-state index in [4.69, 9.17) is 23.2 Å². The van der Waals surface area contributed by atoms with Gasteiger partial charge in [0, 0.05) is 49.1 Å². The zero-order valence-corrected chi connectivity index (χ0v) is 22.6. The van der Waals surface area contributed by atoms with Crippen molar-refractivity contribution in [2.24, 2.45) is 0 Å². The van der Waals surface area contributed by atoms with Crippen LogP contribution in [0.15, 0.2) is 72.8 Å². The lowest BCUT2D eigenvalue weighted by atomic mass is 10.0. The molecule has 0 bridgehead atoms. The summed E-state index contributed by atoms with van der Waals surface area (Å²) in [5.74, 6) is 0.585. The minimum Gasteiger partial charge on any atom is -0.508 e. The van der Waals surface area contributed by atoms with Crippen LogP contribution < -0.4 is 15.5 Å². The van der Waals surface area contributed by atoms with Crippen molar-refractivity contribution in [3.8, 4) is 11.5 Å². The van der Waals surface area contributed by atoms with E-state index in [0.29, 0.717) is 43.4 Å². The van der Waals surface area contributed by atoms with Gasteiger partial charge in [-0.2, -0.15) is 0 Å². The molecule has 0 aliphatic heterocycles. The van der Waals surface area contributed by atoms with Crippen molar-refractivity contribution in [2.45, 2.75) is 31.7 Å². The zero-order chi connectivity index (χ0) is 27.3. The molecule has 2 amide bonds. The number of rotatable bonds is 14. The van der Waals surface area contributed by atoms with Crippen LogP contribution in [0.2, 0.25) is 0 Å². The van der Waals surface area contributed by atoms with E-state index in [2.05, 4.69) is 15.5 Å². The molecule has 0 aliphatic carbocycles. The molecule has 0 heterocycles. The summed E-state index contributed by atoms with van der Waals surface area (Å²) in [6.07, 6.45) is 1.79. The van der Waals surface area contributed by atoms with Crippen LogP contribution in [0.3, 0.4) is 0 Å². The molecule has 1 unspecified atom stereocenters. The molecule has 4 N–H and O–H groups in total. The van der Waals surface area contributed by atoms with Crippen molar-refractivity contribution in [3.05, 3.63) is 83.9 Å². The highest BCUT2D eigenvalue weighted by Crippen LogP contribution is 2.23. The third kappa shape index (κ3) is 9.15. The highest BCUT2D eigenvalue weighted by Gasteiger charge is 2.22. The molecular weight excluding hydrogens is 525 g/mol. The fraction of sp³-hybridized carbons (Fsp3) is 0.310. The summed E-state index contributed by atoms with van der Waals surface area (Å²) in [5, 5.41) is 24.7. The number of amides is 2. The number of phenols is 2. The lowest BCUT2D eigenvalue weighted by Crippen LogP contribution is -2.45. The number of alkyl halides is 2. The zero-order valence-electron chi connectivity index (χ0n) is 21.1. The number of anilines is 2. The first-order chi connectivity index (χ1) is 18.4. The molecular formula is C29H33Cl2N3O4. The van der Waals surface area contributed by atoms with Crippen LogP contribution in [0.1, 0.15) is 24.0 Å². The first-order valence-corrected chi connectivity index (χ1v) is 13.6. The Morgan fingerprint density at radius 1 is 0.842 bits per heavy atom. The van der Waals surface area contributed by atoms with E-state index < -0.39 is 6.04 Å². The second-order valence-electron chi connectivity index (χ2n) is 8.87. The van der Waals surface area contributed by atoms with Crippen LogP contribution in [-0.4, -0.2) is 52.9 Å². The third-order valence-electron chi connectivity index (χ3n) is 6.05. The van der Waals surface area contributed by atoms with Crippen molar-refractivity contribution in [1.29, 1.82) is 0 Å². The molecule has 0 fully saturated rings. The average molecular weight is 559 g/mol. The maximum Gasteiger partial charge on any atom is 0.247 e. The highest BCUT2D eigenvalue weighted by atomic mass is 35.5. The number of aromatic hydroxyl groups is 2. The molecule has 0 saturated carbocycles. The van der Waals surface area contributed by atoms with Gasteiger partial charge in [-0.3, -0.25) is 9.59 Å². The molecule has 3 aromatic rings. The van der Waals surface area contributed by atoms with Gasteiger partial charge in [-0.25, -0.2) is 0 Å². The number of para-hydroxylation sites is 1. The van der Waals surface area contributed by atoms with Crippen molar-refractivity contribution < 1.29 is 19.8 Å². The molecule has 3 aromatic carbocycles. The van der Waals surface area contributed by atoms with E-state index in [0.717, 1.165) is 16.8 Å². The van der Waals surface area contributed by atoms with Gasteiger partial charge < -0.3 is 25.7 Å². The molecule has 1 atom stereocenters.